The fraction of sp³-hybridized carbons (Fsp3) is 0.0789. The average molecular weight is 543 g/mol. The van der Waals surface area contributed by atoms with E-state index in [1.165, 1.54) is 70.0 Å². The molecule has 1 aromatic heterocycles. The second kappa shape index (κ2) is 8.89. The summed E-state index contributed by atoms with van der Waals surface area (Å²) in [5, 5.41) is 7.76. The van der Waals surface area contributed by atoms with Crippen LogP contribution in [-0.4, -0.2) is 5.84 Å². The van der Waals surface area contributed by atoms with Gasteiger partial charge in [-0.15, -0.1) is 11.3 Å². The minimum absolute atomic E-state index is 0.438. The number of hydrogen-bond donors (Lipinski definition) is 0. The molecule has 0 radical (unpaired) electrons. The van der Waals surface area contributed by atoms with E-state index < -0.39 is 0 Å². The van der Waals surface area contributed by atoms with Gasteiger partial charge in [0.05, 0.1) is 6.54 Å². The molecule has 1 atom stereocenters. The molecule has 5 aromatic rings. The van der Waals surface area contributed by atoms with Crippen LogP contribution in [0.1, 0.15) is 23.1 Å². The van der Waals surface area contributed by atoms with Crippen molar-refractivity contribution < 1.29 is 0 Å². The summed E-state index contributed by atoms with van der Waals surface area (Å²) >= 11 is 1.86. The van der Waals surface area contributed by atoms with Gasteiger partial charge in [-0.25, -0.2) is 0 Å². The first-order chi connectivity index (χ1) is 20.3. The number of allylic oxidation sites excluding steroid dienone is 10. The number of hydrogen-bond acceptors (Lipinski definition) is 3. The van der Waals surface area contributed by atoms with Crippen molar-refractivity contribution in [1.29, 1.82) is 0 Å². The van der Waals surface area contributed by atoms with Crippen LogP contribution < -0.4 is 4.90 Å². The number of amidine groups is 1. The fourth-order valence-corrected chi connectivity index (χ4v) is 8.19. The van der Waals surface area contributed by atoms with Gasteiger partial charge >= 0.3 is 0 Å². The van der Waals surface area contributed by atoms with Gasteiger partial charge in [0.1, 0.15) is 10.8 Å². The summed E-state index contributed by atoms with van der Waals surface area (Å²) in [6.07, 6.45) is 21.5. The van der Waals surface area contributed by atoms with Gasteiger partial charge in [-0.05, 0) is 79.4 Å². The van der Waals surface area contributed by atoms with Crippen molar-refractivity contribution in [3.05, 3.63) is 150 Å². The predicted octanol–water partition coefficient (Wildman–Crippen LogP) is 9.99. The molecule has 0 amide bonds. The maximum Gasteiger partial charge on any atom is 0.133 e. The Morgan fingerprint density at radius 1 is 0.707 bits per heavy atom. The molecule has 1 unspecified atom stereocenters. The Balaban J connectivity index is 1.31. The summed E-state index contributed by atoms with van der Waals surface area (Å²) in [6, 6.07) is 26.6. The highest BCUT2D eigenvalue weighted by molar-refractivity contribution is 7.23. The lowest BCUT2D eigenvalue weighted by Crippen LogP contribution is -2.28. The maximum absolute atomic E-state index is 4.97. The van der Waals surface area contributed by atoms with Crippen LogP contribution in [0.15, 0.2) is 138 Å². The number of rotatable bonds is 2. The molecule has 4 aromatic carbocycles. The van der Waals surface area contributed by atoms with Crippen molar-refractivity contribution in [2.45, 2.75) is 13.0 Å². The van der Waals surface area contributed by atoms with E-state index in [1.807, 2.05) is 11.3 Å². The summed E-state index contributed by atoms with van der Waals surface area (Å²) in [7, 11) is 0. The predicted molar refractivity (Wildman–Crippen MR) is 176 cm³/mol. The smallest absolute Gasteiger partial charge is 0.133 e. The quantitative estimate of drug-likeness (QED) is 0.203. The Morgan fingerprint density at radius 3 is 2.20 bits per heavy atom. The minimum Gasteiger partial charge on any atom is -0.292 e. The Morgan fingerprint density at radius 2 is 1.41 bits per heavy atom. The molecule has 41 heavy (non-hydrogen) atoms. The molecule has 4 aliphatic rings. The number of nitrogens with zero attached hydrogens (tertiary/aromatic N) is 2. The Labute approximate surface area is 243 Å². The van der Waals surface area contributed by atoms with Crippen LogP contribution in [0.4, 0.5) is 5.00 Å². The van der Waals surface area contributed by atoms with Gasteiger partial charge in [0.25, 0.3) is 0 Å². The first kappa shape index (κ1) is 23.0. The largest absolute Gasteiger partial charge is 0.292 e. The van der Waals surface area contributed by atoms with E-state index in [-0.39, 0.29) is 0 Å². The fourth-order valence-electron chi connectivity index (χ4n) is 6.99. The lowest BCUT2D eigenvalue weighted by molar-refractivity contribution is 0.784. The standard InChI is InChI=1S/C38H26N2S/c1-2-12-26-24(10-1)11-9-18-28(26)37-31-16-5-3-14-29(31)36(30-15-4-6-17-32(30)37)25-20-21-35-39-22-33-27-13-7-8-19-34(27)41-38(33)40(35)23-25/h1-10,12-21,23-24H,11,22H2. The van der Waals surface area contributed by atoms with Gasteiger partial charge < -0.3 is 0 Å². The number of thiophene rings is 1. The number of anilines is 1. The van der Waals surface area contributed by atoms with Crippen LogP contribution in [0.2, 0.25) is 0 Å². The van der Waals surface area contributed by atoms with E-state index in [1.54, 1.807) is 0 Å². The SMILES string of the molecule is C1=CC2=C(c3c4ccccc4c(C4=CN5C(=NCc6c5sc5ccccc65)C=C4)c4ccccc34)C=CCC2C=C1. The lowest BCUT2D eigenvalue weighted by atomic mass is 9.78. The van der Waals surface area contributed by atoms with Crippen molar-refractivity contribution in [3.63, 3.8) is 0 Å². The Hall–Kier alpha value is -4.73. The van der Waals surface area contributed by atoms with Crippen molar-refractivity contribution in [2.75, 3.05) is 4.90 Å². The zero-order chi connectivity index (χ0) is 26.9. The van der Waals surface area contributed by atoms with Crippen LogP contribution in [-0.2, 0) is 6.54 Å². The van der Waals surface area contributed by atoms with Crippen LogP contribution >= 0.6 is 11.3 Å². The maximum atomic E-state index is 4.97. The third-order valence-electron chi connectivity index (χ3n) is 8.83. The highest BCUT2D eigenvalue weighted by atomic mass is 32.1. The van der Waals surface area contributed by atoms with Crippen LogP contribution in [0, 0.1) is 5.92 Å². The van der Waals surface area contributed by atoms with Gasteiger partial charge in [-0.2, -0.15) is 0 Å². The van der Waals surface area contributed by atoms with E-state index in [0.29, 0.717) is 5.92 Å². The molecule has 0 spiro atoms. The summed E-state index contributed by atoms with van der Waals surface area (Å²) in [6.45, 7) is 0.731. The molecular weight excluding hydrogens is 516 g/mol. The minimum atomic E-state index is 0.438. The van der Waals surface area contributed by atoms with E-state index in [9.17, 15) is 0 Å². The number of fused-ring (bicyclic) bond motifs is 8. The number of benzene rings is 4. The second-order valence-corrected chi connectivity index (χ2v) is 12.1. The summed E-state index contributed by atoms with van der Waals surface area (Å²) in [5.41, 5.74) is 7.92. The normalized spacial score (nSPS) is 19.0. The van der Waals surface area contributed by atoms with Crippen LogP contribution in [0.5, 0.6) is 0 Å². The second-order valence-electron chi connectivity index (χ2n) is 11.0. The molecule has 194 valence electrons. The molecule has 0 bridgehead atoms. The molecule has 9 rings (SSSR count). The third-order valence-corrected chi connectivity index (χ3v) is 10.0. The lowest BCUT2D eigenvalue weighted by Gasteiger charge is -2.29. The molecule has 0 saturated carbocycles. The third kappa shape index (κ3) is 3.39. The summed E-state index contributed by atoms with van der Waals surface area (Å²) in [5.74, 6) is 1.45. The molecule has 2 aliphatic heterocycles. The Bertz CT molecular complexity index is 2100. The van der Waals surface area contributed by atoms with Crippen LogP contribution in [0.25, 0.3) is 42.8 Å². The first-order valence-electron chi connectivity index (χ1n) is 14.3. The van der Waals surface area contributed by atoms with E-state index in [0.717, 1.165) is 18.8 Å². The molecule has 2 nitrogen and oxygen atoms in total. The molecule has 3 heterocycles. The van der Waals surface area contributed by atoms with E-state index in [2.05, 4.69) is 133 Å². The molecule has 2 aliphatic carbocycles. The van der Waals surface area contributed by atoms with Gasteiger partial charge in [0.15, 0.2) is 0 Å². The molecular formula is C38H26N2S. The van der Waals surface area contributed by atoms with Gasteiger partial charge in [-0.3, -0.25) is 9.89 Å². The van der Waals surface area contributed by atoms with Gasteiger partial charge in [-0.1, -0.05) is 103 Å². The number of aliphatic imine (C=N–C) groups is 1. The van der Waals surface area contributed by atoms with Gasteiger partial charge in [0.2, 0.25) is 0 Å². The van der Waals surface area contributed by atoms with Crippen molar-refractivity contribution in [3.8, 4) is 0 Å². The zero-order valence-electron chi connectivity index (χ0n) is 22.4. The van der Waals surface area contributed by atoms with Crippen molar-refractivity contribution >= 4 is 65.0 Å². The highest BCUT2D eigenvalue weighted by Gasteiger charge is 2.28. The van der Waals surface area contributed by atoms with E-state index >= 15 is 0 Å². The summed E-state index contributed by atoms with van der Waals surface area (Å²) in [4.78, 5) is 7.29. The Kier molecular flexibility index (Phi) is 4.99. The monoisotopic (exact) mass is 542 g/mol. The van der Waals surface area contributed by atoms with Gasteiger partial charge in [0, 0.05) is 22.4 Å². The topological polar surface area (TPSA) is 15.6 Å². The highest BCUT2D eigenvalue weighted by Crippen LogP contribution is 2.47. The zero-order valence-corrected chi connectivity index (χ0v) is 23.2. The van der Waals surface area contributed by atoms with Crippen molar-refractivity contribution in [2.24, 2.45) is 10.9 Å². The molecule has 0 N–H and O–H groups in total. The molecule has 0 saturated heterocycles. The van der Waals surface area contributed by atoms with E-state index in [4.69, 9.17) is 4.99 Å². The van der Waals surface area contributed by atoms with Crippen LogP contribution in [0.3, 0.4) is 0 Å². The average Bonchev–Trinajstić information content (AvgIpc) is 3.42. The molecule has 0 fully saturated rings. The molecule has 3 heteroatoms. The first-order valence-corrected chi connectivity index (χ1v) is 15.1. The summed E-state index contributed by atoms with van der Waals surface area (Å²) < 4.78 is 1.32. The van der Waals surface area contributed by atoms with Crippen molar-refractivity contribution in [1.82, 2.24) is 0 Å².